The van der Waals surface area contributed by atoms with Gasteiger partial charge in [-0.05, 0) is 45.0 Å². The summed E-state index contributed by atoms with van der Waals surface area (Å²) in [4.78, 5) is 26.7. The van der Waals surface area contributed by atoms with Crippen molar-refractivity contribution >= 4 is 17.5 Å². The van der Waals surface area contributed by atoms with Gasteiger partial charge in [-0.3, -0.25) is 9.69 Å². The van der Waals surface area contributed by atoms with E-state index in [4.69, 9.17) is 4.98 Å². The summed E-state index contributed by atoms with van der Waals surface area (Å²) in [6.07, 6.45) is -1.87. The van der Waals surface area contributed by atoms with Gasteiger partial charge in [-0.1, -0.05) is 6.07 Å². The minimum Gasteiger partial charge on any atom is -0.357 e. The van der Waals surface area contributed by atoms with Gasteiger partial charge in [0.05, 0.1) is 24.2 Å². The van der Waals surface area contributed by atoms with Gasteiger partial charge in [0, 0.05) is 31.2 Å². The first kappa shape index (κ1) is 24.2. The number of anilines is 2. The molecule has 1 fully saturated rings. The minimum atomic E-state index is -4.32. The third-order valence-electron chi connectivity index (χ3n) is 6.58. The molecule has 2 aliphatic rings. The zero-order valence-electron chi connectivity index (χ0n) is 20.1. The van der Waals surface area contributed by atoms with Crippen LogP contribution in [0, 0.1) is 0 Å². The number of pyridine rings is 2. The van der Waals surface area contributed by atoms with E-state index in [1.54, 1.807) is 23.1 Å². The largest absolute Gasteiger partial charge is 0.391 e. The summed E-state index contributed by atoms with van der Waals surface area (Å²) in [5.74, 6) is 1.23. The molecular weight excluding hydrogens is 473 g/mol. The lowest BCUT2D eigenvalue weighted by Gasteiger charge is -2.18. The van der Waals surface area contributed by atoms with Crippen molar-refractivity contribution in [2.75, 3.05) is 29.9 Å². The van der Waals surface area contributed by atoms with E-state index in [2.05, 4.69) is 25.4 Å². The Hall–Kier alpha value is -3.54. The first-order chi connectivity index (χ1) is 17.2. The lowest BCUT2D eigenvalue weighted by Crippen LogP contribution is -2.24. The molecule has 1 saturated heterocycles. The smallest absolute Gasteiger partial charge is 0.357 e. The normalized spacial score (nSPS) is 16.6. The van der Waals surface area contributed by atoms with Gasteiger partial charge in [-0.15, -0.1) is 10.2 Å². The van der Waals surface area contributed by atoms with Crippen LogP contribution in [0.1, 0.15) is 53.8 Å². The first-order valence-corrected chi connectivity index (χ1v) is 11.9. The monoisotopic (exact) mass is 500 g/mol. The maximum Gasteiger partial charge on any atom is 0.391 e. The van der Waals surface area contributed by atoms with Crippen LogP contribution in [0.15, 0.2) is 30.6 Å². The molecule has 0 unspecified atom stereocenters. The number of nitrogens with one attached hydrogen (secondary N) is 1. The van der Waals surface area contributed by atoms with E-state index in [1.165, 1.54) is 17.8 Å². The summed E-state index contributed by atoms with van der Waals surface area (Å²) < 4.78 is 40.2. The fourth-order valence-corrected chi connectivity index (χ4v) is 4.84. The van der Waals surface area contributed by atoms with Crippen LogP contribution in [0.2, 0.25) is 0 Å². The van der Waals surface area contributed by atoms with Crippen LogP contribution in [0.3, 0.4) is 0 Å². The molecular formula is C24H27F3N8O. The second kappa shape index (κ2) is 9.49. The van der Waals surface area contributed by atoms with Crippen molar-refractivity contribution < 1.29 is 18.0 Å². The third kappa shape index (κ3) is 4.64. The molecule has 36 heavy (non-hydrogen) atoms. The van der Waals surface area contributed by atoms with Crippen molar-refractivity contribution in [1.29, 1.82) is 0 Å². The van der Waals surface area contributed by atoms with Crippen molar-refractivity contribution in [3.8, 4) is 11.5 Å². The summed E-state index contributed by atoms with van der Waals surface area (Å²) in [5, 5.41) is 11.0. The maximum absolute atomic E-state index is 13.5. The van der Waals surface area contributed by atoms with Crippen LogP contribution in [-0.2, 0) is 13.1 Å². The van der Waals surface area contributed by atoms with Gasteiger partial charge >= 0.3 is 6.18 Å². The minimum absolute atomic E-state index is 0.179. The van der Waals surface area contributed by atoms with Crippen molar-refractivity contribution in [2.24, 2.45) is 0 Å². The molecule has 190 valence electrons. The number of rotatable bonds is 7. The van der Waals surface area contributed by atoms with E-state index < -0.39 is 18.6 Å². The highest BCUT2D eigenvalue weighted by atomic mass is 19.4. The lowest BCUT2D eigenvalue weighted by atomic mass is 10.1. The number of amides is 1. The fraction of sp³-hybridized carbons (Fsp3) is 0.458. The molecule has 1 atom stereocenters. The van der Waals surface area contributed by atoms with E-state index in [0.29, 0.717) is 30.2 Å². The number of carbonyl (C=O) groups is 1. The van der Waals surface area contributed by atoms with Gasteiger partial charge in [0.25, 0.3) is 5.91 Å². The SMILES string of the molecule is CNCc1nc(N2CCCC2)cc2c1CN(c1cccc(-c3nncn3[C@@H](C)CC(F)(F)F)n1)C2=O. The fourth-order valence-electron chi connectivity index (χ4n) is 4.84. The van der Waals surface area contributed by atoms with Gasteiger partial charge in [-0.2, -0.15) is 13.2 Å². The maximum atomic E-state index is 13.5. The summed E-state index contributed by atoms with van der Waals surface area (Å²) in [6, 6.07) is 6.03. The standard InChI is InChI=1S/C24H27F3N8O/c1-15(11-24(25,26)27)35-14-29-32-22(35)18-6-5-7-20(30-18)34-13-17-16(23(34)36)10-21(31-19(17)12-28-2)33-8-3-4-9-33/h5-7,10,14-15,28H,3-4,8-9,11-13H2,1-2H3/t15-/m0/s1. The Morgan fingerprint density at radius 2 is 1.92 bits per heavy atom. The Balaban J connectivity index is 1.46. The molecule has 0 saturated carbocycles. The first-order valence-electron chi connectivity index (χ1n) is 11.9. The molecule has 3 aromatic heterocycles. The average Bonchev–Trinajstić information content (AvgIpc) is 3.59. The van der Waals surface area contributed by atoms with Crippen LogP contribution in [-0.4, -0.2) is 57.0 Å². The molecule has 2 aliphatic heterocycles. The van der Waals surface area contributed by atoms with Crippen molar-refractivity contribution in [3.63, 3.8) is 0 Å². The van der Waals surface area contributed by atoms with Gasteiger partial charge in [0.1, 0.15) is 23.7 Å². The molecule has 5 rings (SSSR count). The van der Waals surface area contributed by atoms with Crippen LogP contribution in [0.25, 0.3) is 11.5 Å². The van der Waals surface area contributed by atoms with Crippen molar-refractivity contribution in [2.45, 2.75) is 51.5 Å². The molecule has 9 nitrogen and oxygen atoms in total. The Kier molecular flexibility index (Phi) is 6.37. The summed E-state index contributed by atoms with van der Waals surface area (Å²) in [5.41, 5.74) is 2.62. The number of nitrogens with zero attached hydrogens (tertiary/aromatic N) is 7. The van der Waals surface area contributed by atoms with E-state index in [0.717, 1.165) is 43.0 Å². The van der Waals surface area contributed by atoms with Crippen LogP contribution < -0.4 is 15.1 Å². The van der Waals surface area contributed by atoms with E-state index >= 15 is 0 Å². The predicted molar refractivity (Wildman–Crippen MR) is 128 cm³/mol. The zero-order chi connectivity index (χ0) is 25.4. The molecule has 0 radical (unpaired) electrons. The molecule has 1 N–H and O–H groups in total. The molecule has 1 amide bonds. The highest BCUT2D eigenvalue weighted by molar-refractivity contribution is 6.10. The second-order valence-electron chi connectivity index (χ2n) is 9.18. The Morgan fingerprint density at radius 1 is 1.14 bits per heavy atom. The van der Waals surface area contributed by atoms with Crippen molar-refractivity contribution in [3.05, 3.63) is 47.4 Å². The van der Waals surface area contributed by atoms with Crippen LogP contribution in [0.5, 0.6) is 0 Å². The summed E-state index contributed by atoms with van der Waals surface area (Å²) >= 11 is 0. The highest BCUT2D eigenvalue weighted by Gasteiger charge is 2.34. The molecule has 0 aromatic carbocycles. The van der Waals surface area contributed by atoms with Crippen LogP contribution >= 0.6 is 0 Å². The predicted octanol–water partition coefficient (Wildman–Crippen LogP) is 3.73. The number of halogens is 3. The van der Waals surface area contributed by atoms with Crippen molar-refractivity contribution in [1.82, 2.24) is 30.0 Å². The van der Waals surface area contributed by atoms with E-state index in [1.807, 2.05) is 13.1 Å². The molecule has 0 bridgehead atoms. The molecule has 12 heteroatoms. The Labute approximate surface area is 206 Å². The van der Waals surface area contributed by atoms with Gasteiger partial charge < -0.3 is 14.8 Å². The lowest BCUT2D eigenvalue weighted by molar-refractivity contribution is -0.141. The number of aromatic nitrogens is 5. The number of hydrogen-bond acceptors (Lipinski definition) is 7. The Morgan fingerprint density at radius 3 is 2.64 bits per heavy atom. The van der Waals surface area contributed by atoms with E-state index in [-0.39, 0.29) is 11.7 Å². The number of hydrogen-bond donors (Lipinski definition) is 1. The average molecular weight is 501 g/mol. The van der Waals surface area contributed by atoms with Gasteiger partial charge in [-0.25, -0.2) is 9.97 Å². The second-order valence-corrected chi connectivity index (χ2v) is 9.18. The van der Waals surface area contributed by atoms with E-state index in [9.17, 15) is 18.0 Å². The molecule has 5 heterocycles. The Bertz CT molecular complexity index is 1270. The van der Waals surface area contributed by atoms with Crippen LogP contribution in [0.4, 0.5) is 24.8 Å². The van der Waals surface area contributed by atoms with Gasteiger partial charge in [0.2, 0.25) is 0 Å². The third-order valence-corrected chi connectivity index (χ3v) is 6.58. The molecule has 0 aliphatic carbocycles. The molecule has 3 aromatic rings. The molecule has 0 spiro atoms. The quantitative estimate of drug-likeness (QED) is 0.529. The zero-order valence-corrected chi connectivity index (χ0v) is 20.1. The topological polar surface area (TPSA) is 92.1 Å². The highest BCUT2D eigenvalue weighted by Crippen LogP contribution is 2.34. The number of carbonyl (C=O) groups excluding carboxylic acids is 1. The number of fused-ring (bicyclic) bond motifs is 1. The van der Waals surface area contributed by atoms with Gasteiger partial charge in [0.15, 0.2) is 5.82 Å². The summed E-state index contributed by atoms with van der Waals surface area (Å²) in [7, 11) is 1.84. The number of alkyl halides is 3. The summed E-state index contributed by atoms with van der Waals surface area (Å²) in [6.45, 7) is 4.13.